The lowest BCUT2D eigenvalue weighted by Crippen LogP contribution is -2.27. The fourth-order valence-electron chi connectivity index (χ4n) is 2.15. The Labute approximate surface area is 112 Å². The summed E-state index contributed by atoms with van der Waals surface area (Å²) in [6.07, 6.45) is 0.645. The quantitative estimate of drug-likeness (QED) is 0.867. The maximum absolute atomic E-state index is 13.8. The van der Waals surface area contributed by atoms with Gasteiger partial charge in [0.05, 0.1) is 10.4 Å². The molecule has 3 nitrogen and oxygen atoms in total. The van der Waals surface area contributed by atoms with Crippen LogP contribution in [0.1, 0.15) is 12.0 Å². The molecule has 1 aliphatic heterocycles. The fraction of sp³-hybridized carbons (Fsp3) is 0.417. The molecule has 0 spiro atoms. The van der Waals surface area contributed by atoms with Crippen LogP contribution in [-0.4, -0.2) is 23.9 Å². The maximum Gasteiger partial charge on any atom is 0.221 e. The predicted molar refractivity (Wildman–Crippen MR) is 66.6 cm³/mol. The number of carbonyl (C=O) groups excluding carboxylic acids is 1. The molecule has 6 heteroatoms. The molecule has 18 heavy (non-hydrogen) atoms. The summed E-state index contributed by atoms with van der Waals surface area (Å²) < 4.78 is 27.6. The monoisotopic (exact) mass is 318 g/mol. The minimum absolute atomic E-state index is 0.0227. The van der Waals surface area contributed by atoms with E-state index in [0.717, 1.165) is 0 Å². The molecule has 0 radical (unpaired) electrons. The van der Waals surface area contributed by atoms with Gasteiger partial charge < -0.3 is 5.73 Å². The van der Waals surface area contributed by atoms with Gasteiger partial charge in [0.1, 0.15) is 11.6 Å². The van der Waals surface area contributed by atoms with E-state index in [2.05, 4.69) is 15.9 Å². The standard InChI is InChI=1S/C12H13BrF2N2O/c13-9-1-2-10(14)8(11(9)15)6-17-4-3-7(5-17)12(16)18/h1-2,7H,3-6H2,(H2,16,18). The van der Waals surface area contributed by atoms with Gasteiger partial charge in [-0.1, -0.05) is 0 Å². The van der Waals surface area contributed by atoms with E-state index in [9.17, 15) is 13.6 Å². The Kier molecular flexibility index (Phi) is 3.97. The highest BCUT2D eigenvalue weighted by atomic mass is 79.9. The van der Waals surface area contributed by atoms with Crippen molar-refractivity contribution in [3.05, 3.63) is 33.8 Å². The predicted octanol–water partition coefficient (Wildman–Crippen LogP) is 2.03. The van der Waals surface area contributed by atoms with Gasteiger partial charge in [-0.3, -0.25) is 9.69 Å². The lowest BCUT2D eigenvalue weighted by atomic mass is 10.1. The number of carbonyl (C=O) groups is 1. The summed E-state index contributed by atoms with van der Waals surface area (Å²) in [6.45, 7) is 1.24. The SMILES string of the molecule is NC(=O)C1CCN(Cc2c(F)ccc(Br)c2F)C1. The molecule has 1 unspecified atom stereocenters. The van der Waals surface area contributed by atoms with Crippen molar-refractivity contribution in [3.8, 4) is 0 Å². The Balaban J connectivity index is 2.11. The zero-order valence-corrected chi connectivity index (χ0v) is 11.2. The van der Waals surface area contributed by atoms with Gasteiger partial charge in [0, 0.05) is 18.7 Å². The molecule has 0 saturated carbocycles. The van der Waals surface area contributed by atoms with E-state index < -0.39 is 11.6 Å². The number of benzene rings is 1. The Morgan fingerprint density at radius 3 is 2.83 bits per heavy atom. The average Bonchev–Trinajstić information content (AvgIpc) is 2.78. The summed E-state index contributed by atoms with van der Waals surface area (Å²) in [7, 11) is 0. The molecule has 2 N–H and O–H groups in total. The normalized spacial score (nSPS) is 20.3. The third-order valence-electron chi connectivity index (χ3n) is 3.20. The third kappa shape index (κ3) is 2.70. The molecule has 98 valence electrons. The van der Waals surface area contributed by atoms with Crippen LogP contribution in [0.15, 0.2) is 16.6 Å². The van der Waals surface area contributed by atoms with Crippen LogP contribution in [0.5, 0.6) is 0 Å². The number of halogens is 3. The molecule has 1 atom stereocenters. The highest BCUT2D eigenvalue weighted by molar-refractivity contribution is 9.10. The van der Waals surface area contributed by atoms with Gasteiger partial charge in [-0.2, -0.15) is 0 Å². The zero-order chi connectivity index (χ0) is 13.3. The summed E-state index contributed by atoms with van der Waals surface area (Å²) in [5.74, 6) is -1.73. The van der Waals surface area contributed by atoms with Crippen molar-refractivity contribution in [2.24, 2.45) is 11.7 Å². The van der Waals surface area contributed by atoms with Crippen LogP contribution in [0, 0.1) is 17.6 Å². The second kappa shape index (κ2) is 5.32. The molecule has 0 aromatic heterocycles. The van der Waals surface area contributed by atoms with Crippen LogP contribution in [-0.2, 0) is 11.3 Å². The van der Waals surface area contributed by atoms with Crippen molar-refractivity contribution in [1.82, 2.24) is 4.90 Å². The molecular weight excluding hydrogens is 306 g/mol. The van der Waals surface area contributed by atoms with E-state index in [1.165, 1.54) is 12.1 Å². The van der Waals surface area contributed by atoms with Crippen molar-refractivity contribution < 1.29 is 13.6 Å². The first-order valence-electron chi connectivity index (χ1n) is 5.63. The first-order chi connectivity index (χ1) is 8.49. The minimum atomic E-state index is -0.586. The number of hydrogen-bond acceptors (Lipinski definition) is 2. The van der Waals surface area contributed by atoms with Gasteiger partial charge >= 0.3 is 0 Å². The minimum Gasteiger partial charge on any atom is -0.369 e. The Hall–Kier alpha value is -1.01. The van der Waals surface area contributed by atoms with Crippen molar-refractivity contribution in [2.45, 2.75) is 13.0 Å². The first kappa shape index (κ1) is 13.4. The topological polar surface area (TPSA) is 46.3 Å². The fourth-order valence-corrected chi connectivity index (χ4v) is 2.52. The second-order valence-corrected chi connectivity index (χ2v) is 5.30. The van der Waals surface area contributed by atoms with Crippen LogP contribution in [0.4, 0.5) is 8.78 Å². The maximum atomic E-state index is 13.8. The van der Waals surface area contributed by atoms with Gasteiger partial charge in [-0.05, 0) is 41.0 Å². The summed E-state index contributed by atoms with van der Waals surface area (Å²) >= 11 is 3.03. The van der Waals surface area contributed by atoms with E-state index in [0.29, 0.717) is 19.5 Å². The number of rotatable bonds is 3. The van der Waals surface area contributed by atoms with E-state index in [4.69, 9.17) is 5.73 Å². The Morgan fingerprint density at radius 1 is 1.50 bits per heavy atom. The second-order valence-electron chi connectivity index (χ2n) is 4.44. The highest BCUT2D eigenvalue weighted by Crippen LogP contribution is 2.25. The summed E-state index contributed by atoms with van der Waals surface area (Å²) in [5.41, 5.74) is 5.24. The largest absolute Gasteiger partial charge is 0.369 e. The Morgan fingerprint density at radius 2 is 2.22 bits per heavy atom. The molecule has 2 rings (SSSR count). The number of nitrogens with two attached hydrogens (primary N) is 1. The summed E-state index contributed by atoms with van der Waals surface area (Å²) in [4.78, 5) is 12.9. The molecule has 1 heterocycles. The lowest BCUT2D eigenvalue weighted by Gasteiger charge is -2.16. The lowest BCUT2D eigenvalue weighted by molar-refractivity contribution is -0.121. The number of likely N-dealkylation sites (tertiary alicyclic amines) is 1. The van der Waals surface area contributed by atoms with E-state index in [1.54, 1.807) is 0 Å². The van der Waals surface area contributed by atoms with Crippen LogP contribution < -0.4 is 5.73 Å². The molecule has 1 amide bonds. The molecule has 0 aliphatic carbocycles. The van der Waals surface area contributed by atoms with Gasteiger partial charge in [0.25, 0.3) is 0 Å². The van der Waals surface area contributed by atoms with Crippen molar-refractivity contribution in [3.63, 3.8) is 0 Å². The van der Waals surface area contributed by atoms with Crippen molar-refractivity contribution >= 4 is 21.8 Å². The van der Waals surface area contributed by atoms with E-state index >= 15 is 0 Å². The molecule has 1 fully saturated rings. The number of hydrogen-bond donors (Lipinski definition) is 1. The molecule has 1 aromatic rings. The van der Waals surface area contributed by atoms with Crippen molar-refractivity contribution in [2.75, 3.05) is 13.1 Å². The molecule has 0 bridgehead atoms. The molecule has 1 saturated heterocycles. The van der Waals surface area contributed by atoms with Gasteiger partial charge in [-0.15, -0.1) is 0 Å². The van der Waals surface area contributed by atoms with Gasteiger partial charge in [0.15, 0.2) is 0 Å². The molecule has 1 aliphatic rings. The number of amides is 1. The van der Waals surface area contributed by atoms with Crippen LogP contribution in [0.3, 0.4) is 0 Å². The van der Waals surface area contributed by atoms with Crippen molar-refractivity contribution in [1.29, 1.82) is 0 Å². The van der Waals surface area contributed by atoms with E-state index in [-0.39, 0.29) is 28.4 Å². The molecule has 1 aromatic carbocycles. The van der Waals surface area contributed by atoms with Crippen LogP contribution in [0.2, 0.25) is 0 Å². The smallest absolute Gasteiger partial charge is 0.221 e. The average molecular weight is 319 g/mol. The van der Waals surface area contributed by atoms with Crippen LogP contribution >= 0.6 is 15.9 Å². The zero-order valence-electron chi connectivity index (χ0n) is 9.63. The molecular formula is C12H13BrF2N2O. The Bertz CT molecular complexity index is 481. The summed E-state index contributed by atoms with van der Waals surface area (Å²) in [6, 6.07) is 2.56. The highest BCUT2D eigenvalue weighted by Gasteiger charge is 2.27. The van der Waals surface area contributed by atoms with Gasteiger partial charge in [0.2, 0.25) is 5.91 Å². The van der Waals surface area contributed by atoms with Gasteiger partial charge in [-0.25, -0.2) is 8.78 Å². The van der Waals surface area contributed by atoms with Crippen LogP contribution in [0.25, 0.3) is 0 Å². The number of primary amides is 1. The first-order valence-corrected chi connectivity index (χ1v) is 6.42. The summed E-state index contributed by atoms with van der Waals surface area (Å²) in [5, 5.41) is 0. The van der Waals surface area contributed by atoms with E-state index in [1.807, 2.05) is 4.90 Å². The third-order valence-corrected chi connectivity index (χ3v) is 3.81. The number of nitrogens with zero attached hydrogens (tertiary/aromatic N) is 1.